The summed E-state index contributed by atoms with van der Waals surface area (Å²) in [5.41, 5.74) is 2.92. The molecule has 2 amide bonds. The fourth-order valence-corrected chi connectivity index (χ4v) is 2.43. The van der Waals surface area contributed by atoms with E-state index in [4.69, 9.17) is 11.6 Å². The second-order valence-corrected chi connectivity index (χ2v) is 6.67. The van der Waals surface area contributed by atoms with Gasteiger partial charge in [0.15, 0.2) is 0 Å². The summed E-state index contributed by atoms with van der Waals surface area (Å²) in [7, 11) is 1.72. The normalized spacial score (nSPS) is 11.9. The smallest absolute Gasteiger partial charge is 0.242 e. The summed E-state index contributed by atoms with van der Waals surface area (Å²) in [5, 5.41) is 6.10. The first-order valence-corrected chi connectivity index (χ1v) is 8.64. The number of likely N-dealkylation sites (N-methyl/N-ethyl adjacent to an activating group) is 1. The standard InChI is InChI=1S/C19H23ClN4O2/c1-12-6-5-7-16(13(12)2)22-18(25)11-24(4)14(3)19(26)23-17-9-8-15(20)10-21-17/h5-10,14H,11H2,1-4H3,(H,22,25)(H,21,23,26)/t14-/m1/s1. The van der Waals surface area contributed by atoms with E-state index in [9.17, 15) is 9.59 Å². The van der Waals surface area contributed by atoms with Crippen molar-refractivity contribution in [1.82, 2.24) is 9.88 Å². The minimum atomic E-state index is -0.503. The van der Waals surface area contributed by atoms with Crippen LogP contribution in [0.25, 0.3) is 0 Å². The van der Waals surface area contributed by atoms with Crippen molar-refractivity contribution in [3.8, 4) is 0 Å². The minimum Gasteiger partial charge on any atom is -0.325 e. The van der Waals surface area contributed by atoms with Crippen LogP contribution < -0.4 is 10.6 Å². The van der Waals surface area contributed by atoms with Crippen LogP contribution in [-0.2, 0) is 9.59 Å². The number of hydrogen-bond donors (Lipinski definition) is 2. The molecule has 1 aromatic carbocycles. The van der Waals surface area contributed by atoms with Gasteiger partial charge in [0, 0.05) is 11.9 Å². The lowest BCUT2D eigenvalue weighted by atomic mass is 10.1. The molecular weight excluding hydrogens is 352 g/mol. The van der Waals surface area contributed by atoms with Gasteiger partial charge in [0.2, 0.25) is 11.8 Å². The van der Waals surface area contributed by atoms with E-state index in [1.54, 1.807) is 31.0 Å². The van der Waals surface area contributed by atoms with Crippen molar-refractivity contribution in [3.63, 3.8) is 0 Å². The molecule has 138 valence electrons. The van der Waals surface area contributed by atoms with Gasteiger partial charge in [0.25, 0.3) is 0 Å². The van der Waals surface area contributed by atoms with E-state index >= 15 is 0 Å². The molecule has 1 atom stereocenters. The predicted octanol–water partition coefficient (Wildman–Crippen LogP) is 3.25. The molecule has 2 aromatic rings. The molecule has 6 nitrogen and oxygen atoms in total. The Kier molecular flexibility index (Phi) is 6.71. The number of benzene rings is 1. The summed E-state index contributed by atoms with van der Waals surface area (Å²) in [6, 6.07) is 8.53. The highest BCUT2D eigenvalue weighted by Gasteiger charge is 2.21. The van der Waals surface area contributed by atoms with Crippen LogP contribution in [0.15, 0.2) is 36.5 Å². The average molecular weight is 375 g/mol. The molecule has 26 heavy (non-hydrogen) atoms. The predicted molar refractivity (Wildman–Crippen MR) is 105 cm³/mol. The number of anilines is 2. The van der Waals surface area contributed by atoms with Gasteiger partial charge < -0.3 is 10.6 Å². The fourth-order valence-electron chi connectivity index (χ4n) is 2.32. The van der Waals surface area contributed by atoms with E-state index < -0.39 is 6.04 Å². The topological polar surface area (TPSA) is 74.3 Å². The Hall–Kier alpha value is -2.44. The third-order valence-corrected chi connectivity index (χ3v) is 4.51. The lowest BCUT2D eigenvalue weighted by Gasteiger charge is -2.23. The van der Waals surface area contributed by atoms with Gasteiger partial charge in [-0.05, 0) is 57.1 Å². The molecule has 0 aliphatic rings. The summed E-state index contributed by atoms with van der Waals surface area (Å²) in [4.78, 5) is 30.3. The molecule has 0 unspecified atom stereocenters. The van der Waals surface area contributed by atoms with Gasteiger partial charge in [0.05, 0.1) is 17.6 Å². The van der Waals surface area contributed by atoms with E-state index in [2.05, 4.69) is 15.6 Å². The average Bonchev–Trinajstić information content (AvgIpc) is 2.60. The van der Waals surface area contributed by atoms with Crippen LogP contribution in [0, 0.1) is 13.8 Å². The molecule has 0 radical (unpaired) electrons. The zero-order valence-electron chi connectivity index (χ0n) is 15.3. The molecule has 0 bridgehead atoms. The summed E-state index contributed by atoms with van der Waals surface area (Å²) >= 11 is 5.78. The van der Waals surface area contributed by atoms with Gasteiger partial charge in [0.1, 0.15) is 5.82 Å². The van der Waals surface area contributed by atoms with Crippen molar-refractivity contribution in [1.29, 1.82) is 0 Å². The number of aryl methyl sites for hydroxylation is 1. The highest BCUT2D eigenvalue weighted by molar-refractivity contribution is 6.30. The SMILES string of the molecule is Cc1cccc(NC(=O)CN(C)[C@H](C)C(=O)Nc2ccc(Cl)cn2)c1C. The van der Waals surface area contributed by atoms with Crippen molar-refractivity contribution in [3.05, 3.63) is 52.7 Å². The highest BCUT2D eigenvalue weighted by atomic mass is 35.5. The second kappa shape index (κ2) is 8.78. The van der Waals surface area contributed by atoms with Gasteiger partial charge in [-0.15, -0.1) is 0 Å². The molecule has 2 N–H and O–H groups in total. The minimum absolute atomic E-state index is 0.0933. The number of carbonyl (C=O) groups excluding carboxylic acids is 2. The number of nitrogens with one attached hydrogen (secondary N) is 2. The Labute approximate surface area is 158 Å². The fraction of sp³-hybridized carbons (Fsp3) is 0.316. The monoisotopic (exact) mass is 374 g/mol. The van der Waals surface area contributed by atoms with Crippen LogP contribution in [0.2, 0.25) is 5.02 Å². The third kappa shape index (κ3) is 5.28. The van der Waals surface area contributed by atoms with Crippen molar-refractivity contribution < 1.29 is 9.59 Å². The number of amides is 2. The van der Waals surface area contributed by atoms with Gasteiger partial charge in [-0.25, -0.2) is 4.98 Å². The molecular formula is C19H23ClN4O2. The Morgan fingerprint density at radius 1 is 1.19 bits per heavy atom. The lowest BCUT2D eigenvalue weighted by Crippen LogP contribution is -2.43. The summed E-state index contributed by atoms with van der Waals surface area (Å²) < 4.78 is 0. The first-order valence-electron chi connectivity index (χ1n) is 8.26. The molecule has 2 rings (SSSR count). The number of carbonyl (C=O) groups is 2. The molecule has 0 aliphatic heterocycles. The molecule has 7 heteroatoms. The van der Waals surface area contributed by atoms with Crippen LogP contribution in [0.4, 0.5) is 11.5 Å². The zero-order valence-corrected chi connectivity index (χ0v) is 16.1. The van der Waals surface area contributed by atoms with E-state index in [0.717, 1.165) is 16.8 Å². The number of halogens is 1. The van der Waals surface area contributed by atoms with Crippen LogP contribution in [0.3, 0.4) is 0 Å². The third-order valence-electron chi connectivity index (χ3n) is 4.29. The van der Waals surface area contributed by atoms with E-state index in [1.807, 2.05) is 32.0 Å². The largest absolute Gasteiger partial charge is 0.325 e. The molecule has 0 saturated heterocycles. The van der Waals surface area contributed by atoms with Gasteiger partial charge in [-0.3, -0.25) is 14.5 Å². The Bertz CT molecular complexity index is 793. The quantitative estimate of drug-likeness (QED) is 0.813. The molecule has 0 aliphatic carbocycles. The van der Waals surface area contributed by atoms with Gasteiger partial charge in [-0.1, -0.05) is 23.7 Å². The number of hydrogen-bond acceptors (Lipinski definition) is 4. The molecule has 1 aromatic heterocycles. The summed E-state index contributed by atoms with van der Waals surface area (Å²) in [5.74, 6) is -0.00758. The van der Waals surface area contributed by atoms with Crippen LogP contribution >= 0.6 is 11.6 Å². The van der Waals surface area contributed by atoms with E-state index in [1.165, 1.54) is 6.20 Å². The van der Waals surface area contributed by atoms with Crippen LogP contribution in [-0.4, -0.2) is 41.3 Å². The second-order valence-electron chi connectivity index (χ2n) is 6.24. The number of nitrogens with zero attached hydrogens (tertiary/aromatic N) is 2. The molecule has 0 saturated carbocycles. The van der Waals surface area contributed by atoms with Crippen LogP contribution in [0.5, 0.6) is 0 Å². The Balaban J connectivity index is 1.91. The first kappa shape index (κ1) is 19.9. The van der Waals surface area contributed by atoms with Crippen LogP contribution in [0.1, 0.15) is 18.1 Å². The number of aromatic nitrogens is 1. The van der Waals surface area contributed by atoms with Crippen molar-refractivity contribution in [2.75, 3.05) is 24.2 Å². The molecule has 1 heterocycles. The lowest BCUT2D eigenvalue weighted by molar-refractivity contribution is -0.122. The highest BCUT2D eigenvalue weighted by Crippen LogP contribution is 2.18. The maximum atomic E-state index is 12.3. The van der Waals surface area contributed by atoms with Crippen molar-refractivity contribution in [2.24, 2.45) is 0 Å². The maximum absolute atomic E-state index is 12.3. The van der Waals surface area contributed by atoms with E-state index in [-0.39, 0.29) is 18.4 Å². The number of pyridine rings is 1. The summed E-state index contributed by atoms with van der Waals surface area (Å²) in [6.45, 7) is 5.78. The van der Waals surface area contributed by atoms with Gasteiger partial charge in [-0.2, -0.15) is 0 Å². The van der Waals surface area contributed by atoms with Gasteiger partial charge >= 0.3 is 0 Å². The first-order chi connectivity index (χ1) is 12.3. The zero-order chi connectivity index (χ0) is 19.3. The molecule has 0 fully saturated rings. The number of rotatable bonds is 6. The van der Waals surface area contributed by atoms with Crippen molar-refractivity contribution in [2.45, 2.75) is 26.8 Å². The maximum Gasteiger partial charge on any atom is 0.242 e. The Morgan fingerprint density at radius 2 is 1.92 bits per heavy atom. The van der Waals surface area contributed by atoms with E-state index in [0.29, 0.717) is 10.8 Å². The van der Waals surface area contributed by atoms with Crippen molar-refractivity contribution >= 4 is 34.9 Å². The summed E-state index contributed by atoms with van der Waals surface area (Å²) in [6.07, 6.45) is 1.46. The Morgan fingerprint density at radius 3 is 2.58 bits per heavy atom. The molecule has 0 spiro atoms.